The van der Waals surface area contributed by atoms with Crippen LogP contribution in [0.2, 0.25) is 0 Å². The van der Waals surface area contributed by atoms with E-state index in [0.29, 0.717) is 5.33 Å². The van der Waals surface area contributed by atoms with Gasteiger partial charge in [0.1, 0.15) is 11.6 Å². The molecular formula is C14H17BrN4O6. The molecule has 3 N–H and O–H groups in total. The molecule has 0 saturated carbocycles. The number of aromatic amines is 3. The van der Waals surface area contributed by atoms with Gasteiger partial charge in [-0.25, -0.2) is 9.59 Å². The summed E-state index contributed by atoms with van der Waals surface area (Å²) in [6, 6.07) is 2.44. The molecule has 2 aromatic rings. The zero-order valence-electron chi connectivity index (χ0n) is 13.5. The highest BCUT2D eigenvalue weighted by Crippen LogP contribution is 1.77. The van der Waals surface area contributed by atoms with Crippen molar-refractivity contribution in [3.8, 4) is 0 Å². The van der Waals surface area contributed by atoms with Gasteiger partial charge in [-0.2, -0.15) is 0 Å². The Hall–Kier alpha value is -2.82. The van der Waals surface area contributed by atoms with Crippen LogP contribution in [0.25, 0.3) is 0 Å². The first kappa shape index (κ1) is 22.2. The van der Waals surface area contributed by atoms with Crippen LogP contribution in [0.3, 0.4) is 0 Å². The lowest BCUT2D eigenvalue weighted by Gasteiger charge is -1.98. The highest BCUT2D eigenvalue weighted by atomic mass is 79.9. The molecule has 0 aliphatic heterocycles. The summed E-state index contributed by atoms with van der Waals surface area (Å²) in [5, 5.41) is 0.479. The highest BCUT2D eigenvalue weighted by molar-refractivity contribution is 9.09. The van der Waals surface area contributed by atoms with Crippen molar-refractivity contribution >= 4 is 27.5 Å². The molecule has 0 atom stereocenters. The van der Waals surface area contributed by atoms with Crippen LogP contribution in [-0.4, -0.2) is 36.4 Å². The van der Waals surface area contributed by atoms with Crippen LogP contribution >= 0.6 is 15.9 Å². The minimum Gasteiger partial charge on any atom is -0.314 e. The molecule has 0 saturated heterocycles. The number of aromatic nitrogens is 4. The Morgan fingerprint density at radius 2 is 1.56 bits per heavy atom. The van der Waals surface area contributed by atoms with Crippen molar-refractivity contribution < 1.29 is 9.59 Å². The predicted molar refractivity (Wildman–Crippen MR) is 94.2 cm³/mol. The summed E-state index contributed by atoms with van der Waals surface area (Å²) in [5.41, 5.74) is -1.87. The molecule has 11 heteroatoms. The monoisotopic (exact) mass is 416 g/mol. The second-order valence-corrected chi connectivity index (χ2v) is 5.13. The molecule has 0 aliphatic carbocycles. The molecule has 0 spiro atoms. The van der Waals surface area contributed by atoms with Crippen molar-refractivity contribution in [1.29, 1.82) is 0 Å². The maximum absolute atomic E-state index is 10.9. The number of carbonyl (C=O) groups is 2. The van der Waals surface area contributed by atoms with Crippen molar-refractivity contribution in [3.63, 3.8) is 0 Å². The Labute approximate surface area is 149 Å². The minimum atomic E-state index is -0.558. The van der Waals surface area contributed by atoms with E-state index in [0.717, 1.165) is 4.57 Å². The van der Waals surface area contributed by atoms with Gasteiger partial charge in [-0.3, -0.25) is 33.7 Å². The van der Waals surface area contributed by atoms with Crippen LogP contribution < -0.4 is 22.5 Å². The van der Waals surface area contributed by atoms with E-state index in [1.165, 1.54) is 38.4 Å². The predicted octanol–water partition coefficient (Wildman–Crippen LogP) is -0.841. The lowest BCUT2D eigenvalue weighted by Crippen LogP contribution is -2.30. The number of H-pyrrole nitrogens is 3. The Kier molecular flexibility index (Phi) is 10.4. The molecule has 0 fully saturated rings. The molecule has 2 heterocycles. The quantitative estimate of drug-likeness (QED) is 0.553. The van der Waals surface area contributed by atoms with Crippen molar-refractivity contribution in [3.05, 3.63) is 66.2 Å². The number of hydrogen-bond acceptors (Lipinski definition) is 6. The maximum Gasteiger partial charge on any atom is 0.328 e. The smallest absolute Gasteiger partial charge is 0.314 e. The SMILES string of the molecule is CC(=O)CBr.CC(=O)Cn1ccc(=O)[nH]c1=O.O=c1cc[nH]c(=O)[nH]1. The molecule has 25 heavy (non-hydrogen) atoms. The average molecular weight is 417 g/mol. The lowest BCUT2D eigenvalue weighted by molar-refractivity contribution is -0.117. The Morgan fingerprint density at radius 3 is 1.92 bits per heavy atom. The van der Waals surface area contributed by atoms with Gasteiger partial charge in [-0.15, -0.1) is 0 Å². The highest BCUT2D eigenvalue weighted by Gasteiger charge is 1.98. The number of carbonyl (C=O) groups excluding carboxylic acids is 2. The topological polar surface area (TPSA) is 155 Å². The van der Waals surface area contributed by atoms with Crippen molar-refractivity contribution in [1.82, 2.24) is 19.5 Å². The zero-order chi connectivity index (χ0) is 19.4. The lowest BCUT2D eigenvalue weighted by atomic mass is 10.4. The van der Waals surface area contributed by atoms with E-state index < -0.39 is 16.9 Å². The van der Waals surface area contributed by atoms with Crippen LogP contribution in [0, 0.1) is 0 Å². The van der Waals surface area contributed by atoms with Gasteiger partial charge in [0.2, 0.25) is 0 Å². The summed E-state index contributed by atoms with van der Waals surface area (Å²) >= 11 is 2.96. The summed E-state index contributed by atoms with van der Waals surface area (Å²) in [4.78, 5) is 68.6. The summed E-state index contributed by atoms with van der Waals surface area (Å²) < 4.78 is 1.14. The van der Waals surface area contributed by atoms with Crippen LogP contribution in [0.15, 0.2) is 43.7 Å². The van der Waals surface area contributed by atoms with E-state index in [9.17, 15) is 28.8 Å². The van der Waals surface area contributed by atoms with Gasteiger partial charge in [0.25, 0.3) is 11.1 Å². The second kappa shape index (κ2) is 11.7. The molecule has 0 aliphatic rings. The number of nitrogens with one attached hydrogen (secondary N) is 3. The van der Waals surface area contributed by atoms with E-state index in [2.05, 4.69) is 20.9 Å². The zero-order valence-corrected chi connectivity index (χ0v) is 15.1. The molecular weight excluding hydrogens is 400 g/mol. The van der Waals surface area contributed by atoms with E-state index in [4.69, 9.17) is 0 Å². The number of Topliss-reactive ketones (excluding diaryl/α,β-unsaturated/α-hetero) is 2. The number of halogens is 1. The van der Waals surface area contributed by atoms with Crippen LogP contribution in [-0.2, 0) is 16.1 Å². The third-order valence-corrected chi connectivity index (χ3v) is 2.95. The summed E-state index contributed by atoms with van der Waals surface area (Å²) in [5.74, 6) is 0.0362. The third kappa shape index (κ3) is 11.4. The normalized spacial score (nSPS) is 9.08. The van der Waals surface area contributed by atoms with E-state index in [-0.39, 0.29) is 23.7 Å². The average Bonchev–Trinajstić information content (AvgIpc) is 2.51. The van der Waals surface area contributed by atoms with Crippen molar-refractivity contribution in [2.24, 2.45) is 0 Å². The molecule has 2 aromatic heterocycles. The molecule has 0 amide bonds. The second-order valence-electron chi connectivity index (χ2n) is 4.57. The fourth-order valence-corrected chi connectivity index (χ4v) is 1.19. The van der Waals surface area contributed by atoms with Gasteiger partial charge in [0, 0.05) is 24.5 Å². The largest absolute Gasteiger partial charge is 0.328 e. The first-order valence-electron chi connectivity index (χ1n) is 6.78. The van der Waals surface area contributed by atoms with Crippen LogP contribution in [0.4, 0.5) is 0 Å². The molecule has 0 bridgehead atoms. The number of hydrogen-bond donors (Lipinski definition) is 3. The van der Waals surface area contributed by atoms with Gasteiger partial charge < -0.3 is 4.98 Å². The first-order valence-corrected chi connectivity index (χ1v) is 7.90. The first-order chi connectivity index (χ1) is 11.6. The van der Waals surface area contributed by atoms with Crippen molar-refractivity contribution in [2.45, 2.75) is 20.4 Å². The van der Waals surface area contributed by atoms with E-state index in [1.54, 1.807) is 0 Å². The summed E-state index contributed by atoms with van der Waals surface area (Å²) in [7, 11) is 0. The molecule has 0 radical (unpaired) electrons. The van der Waals surface area contributed by atoms with Gasteiger partial charge in [0.05, 0.1) is 11.9 Å². The molecule has 136 valence electrons. The van der Waals surface area contributed by atoms with Gasteiger partial charge in [0.15, 0.2) is 0 Å². The molecule has 2 rings (SSSR count). The summed E-state index contributed by atoms with van der Waals surface area (Å²) in [6.07, 6.45) is 2.59. The summed E-state index contributed by atoms with van der Waals surface area (Å²) in [6.45, 7) is 2.90. The standard InChI is InChI=1S/C7H8N2O3.C4H4N2O2.C3H5BrO/c1-5(10)4-9-3-2-6(11)8-7(9)12;7-3-1-2-5-4(8)6-3;1-3(5)2-4/h2-3H,4H2,1H3,(H,8,11,12);1-2H,(H2,5,6,7,8);2H2,1H3. The Morgan fingerprint density at radius 1 is 1.00 bits per heavy atom. The molecule has 10 nitrogen and oxygen atoms in total. The van der Waals surface area contributed by atoms with Crippen molar-refractivity contribution in [2.75, 3.05) is 5.33 Å². The van der Waals surface area contributed by atoms with E-state index >= 15 is 0 Å². The van der Waals surface area contributed by atoms with E-state index in [1.807, 2.05) is 9.97 Å². The number of rotatable bonds is 3. The fraction of sp³-hybridized carbons (Fsp3) is 0.286. The third-order valence-electron chi connectivity index (χ3n) is 2.16. The Balaban J connectivity index is 0.000000382. The van der Waals surface area contributed by atoms with Gasteiger partial charge in [-0.1, -0.05) is 15.9 Å². The number of nitrogens with zero attached hydrogens (tertiary/aromatic N) is 1. The number of ketones is 2. The molecule has 0 aromatic carbocycles. The van der Waals surface area contributed by atoms with Gasteiger partial charge >= 0.3 is 11.4 Å². The Bertz CT molecular complexity index is 898. The van der Waals surface area contributed by atoms with Crippen LogP contribution in [0.1, 0.15) is 13.8 Å². The molecule has 0 unspecified atom stereocenters. The minimum absolute atomic E-state index is 0.00435. The fourth-order valence-electron chi connectivity index (χ4n) is 1.19. The van der Waals surface area contributed by atoms with Crippen LogP contribution in [0.5, 0.6) is 0 Å². The number of alkyl halides is 1. The maximum atomic E-state index is 10.9. The van der Waals surface area contributed by atoms with Gasteiger partial charge in [-0.05, 0) is 13.8 Å².